The molecular formula is C14H22ClNS. The largest absolute Gasteiger partial charge is 0.313 e. The van der Waals surface area contributed by atoms with E-state index in [0.29, 0.717) is 6.04 Å². The van der Waals surface area contributed by atoms with Crippen LogP contribution in [0.1, 0.15) is 33.1 Å². The molecule has 17 heavy (non-hydrogen) atoms. The lowest BCUT2D eigenvalue weighted by atomic mass is 10.1. The van der Waals surface area contributed by atoms with Crippen molar-refractivity contribution in [3.8, 4) is 0 Å². The van der Waals surface area contributed by atoms with Crippen molar-refractivity contribution in [1.29, 1.82) is 0 Å². The minimum atomic E-state index is 0.598. The first kappa shape index (κ1) is 14.9. The van der Waals surface area contributed by atoms with E-state index >= 15 is 0 Å². The van der Waals surface area contributed by atoms with Crippen LogP contribution in [0.2, 0.25) is 5.02 Å². The molecule has 0 aromatic heterocycles. The third kappa shape index (κ3) is 5.80. The molecule has 0 amide bonds. The van der Waals surface area contributed by atoms with Gasteiger partial charge in [-0.05, 0) is 25.1 Å². The highest BCUT2D eigenvalue weighted by molar-refractivity contribution is 7.99. The molecule has 0 aliphatic rings. The van der Waals surface area contributed by atoms with Crippen LogP contribution >= 0.6 is 23.4 Å². The van der Waals surface area contributed by atoms with Crippen LogP contribution in [-0.2, 0) is 0 Å². The van der Waals surface area contributed by atoms with Crippen molar-refractivity contribution in [3.63, 3.8) is 0 Å². The standard InChI is InChI=1S/C14H22ClNS/c1-3-5-8-12(16-4-2)11-17-14-10-7-6-9-13(14)15/h6-7,9-10,12,16H,3-5,8,11H2,1-2H3. The van der Waals surface area contributed by atoms with Gasteiger partial charge in [-0.3, -0.25) is 0 Å². The summed E-state index contributed by atoms with van der Waals surface area (Å²) in [5.74, 6) is 1.09. The summed E-state index contributed by atoms with van der Waals surface area (Å²) in [7, 11) is 0. The molecule has 96 valence electrons. The fourth-order valence-electron chi connectivity index (χ4n) is 1.74. The summed E-state index contributed by atoms with van der Waals surface area (Å²) in [6.45, 7) is 5.45. The summed E-state index contributed by atoms with van der Waals surface area (Å²) in [6, 6.07) is 8.67. The van der Waals surface area contributed by atoms with Crippen LogP contribution < -0.4 is 5.32 Å². The van der Waals surface area contributed by atoms with Crippen LogP contribution in [0.4, 0.5) is 0 Å². The number of nitrogens with one attached hydrogen (secondary N) is 1. The molecule has 0 fully saturated rings. The molecule has 1 atom stereocenters. The number of benzene rings is 1. The Morgan fingerprint density at radius 2 is 2.06 bits per heavy atom. The predicted octanol–water partition coefficient (Wildman–Crippen LogP) is 4.60. The molecule has 1 aromatic rings. The molecule has 1 N–H and O–H groups in total. The van der Waals surface area contributed by atoms with Crippen molar-refractivity contribution >= 4 is 23.4 Å². The Bertz CT molecular complexity index is 317. The van der Waals surface area contributed by atoms with E-state index in [1.54, 1.807) is 0 Å². The topological polar surface area (TPSA) is 12.0 Å². The molecule has 0 bridgehead atoms. The number of rotatable bonds is 8. The van der Waals surface area contributed by atoms with Crippen molar-refractivity contribution in [1.82, 2.24) is 5.32 Å². The highest BCUT2D eigenvalue weighted by atomic mass is 35.5. The molecule has 0 heterocycles. The van der Waals surface area contributed by atoms with Gasteiger partial charge in [0, 0.05) is 16.7 Å². The van der Waals surface area contributed by atoms with Gasteiger partial charge in [0.1, 0.15) is 0 Å². The van der Waals surface area contributed by atoms with Gasteiger partial charge in [0.05, 0.1) is 5.02 Å². The second-order valence-electron chi connectivity index (χ2n) is 4.14. The van der Waals surface area contributed by atoms with E-state index in [4.69, 9.17) is 11.6 Å². The molecule has 0 radical (unpaired) electrons. The molecule has 0 aliphatic heterocycles. The van der Waals surface area contributed by atoms with Crippen LogP contribution in [0.3, 0.4) is 0 Å². The van der Waals surface area contributed by atoms with Gasteiger partial charge in [-0.25, -0.2) is 0 Å². The summed E-state index contributed by atoms with van der Waals surface area (Å²) < 4.78 is 0. The zero-order valence-electron chi connectivity index (χ0n) is 10.7. The molecule has 0 saturated heterocycles. The molecule has 3 heteroatoms. The molecule has 1 unspecified atom stereocenters. The zero-order chi connectivity index (χ0) is 12.5. The van der Waals surface area contributed by atoms with Crippen molar-refractivity contribution in [2.24, 2.45) is 0 Å². The summed E-state index contributed by atoms with van der Waals surface area (Å²) in [4.78, 5) is 1.19. The lowest BCUT2D eigenvalue weighted by molar-refractivity contribution is 0.515. The second kappa shape index (κ2) is 8.84. The lowest BCUT2D eigenvalue weighted by Gasteiger charge is -2.17. The monoisotopic (exact) mass is 271 g/mol. The number of hydrogen-bond acceptors (Lipinski definition) is 2. The van der Waals surface area contributed by atoms with E-state index in [1.165, 1.54) is 24.2 Å². The average molecular weight is 272 g/mol. The Hall–Kier alpha value is -0.180. The van der Waals surface area contributed by atoms with E-state index in [1.807, 2.05) is 30.0 Å². The Labute approximate surface area is 114 Å². The van der Waals surface area contributed by atoms with Crippen molar-refractivity contribution in [2.45, 2.75) is 44.0 Å². The number of thioether (sulfide) groups is 1. The number of halogens is 1. The van der Waals surface area contributed by atoms with Crippen molar-refractivity contribution < 1.29 is 0 Å². The maximum Gasteiger partial charge on any atom is 0.0541 e. The Morgan fingerprint density at radius 3 is 2.71 bits per heavy atom. The highest BCUT2D eigenvalue weighted by Crippen LogP contribution is 2.27. The molecule has 1 aromatic carbocycles. The average Bonchev–Trinajstić information content (AvgIpc) is 2.34. The maximum absolute atomic E-state index is 6.15. The molecule has 0 saturated carbocycles. The molecular weight excluding hydrogens is 250 g/mol. The second-order valence-corrected chi connectivity index (χ2v) is 5.61. The van der Waals surface area contributed by atoms with Gasteiger partial charge in [-0.2, -0.15) is 0 Å². The van der Waals surface area contributed by atoms with Gasteiger partial charge in [0.25, 0.3) is 0 Å². The summed E-state index contributed by atoms with van der Waals surface area (Å²) in [5.41, 5.74) is 0. The minimum Gasteiger partial charge on any atom is -0.313 e. The van der Waals surface area contributed by atoms with Crippen LogP contribution in [0, 0.1) is 0 Å². The lowest BCUT2D eigenvalue weighted by Crippen LogP contribution is -2.31. The predicted molar refractivity (Wildman–Crippen MR) is 79.2 cm³/mol. The third-order valence-corrected chi connectivity index (χ3v) is 4.35. The molecule has 1 nitrogen and oxygen atoms in total. The van der Waals surface area contributed by atoms with Gasteiger partial charge < -0.3 is 5.32 Å². The fraction of sp³-hybridized carbons (Fsp3) is 0.571. The normalized spacial score (nSPS) is 12.6. The van der Waals surface area contributed by atoms with Gasteiger partial charge in [-0.15, -0.1) is 11.8 Å². The fourth-order valence-corrected chi connectivity index (χ4v) is 3.08. The summed E-state index contributed by atoms with van der Waals surface area (Å²) in [5, 5.41) is 4.41. The number of hydrogen-bond donors (Lipinski definition) is 1. The first-order chi connectivity index (χ1) is 8.27. The van der Waals surface area contributed by atoms with Gasteiger partial charge in [0.2, 0.25) is 0 Å². The first-order valence-electron chi connectivity index (χ1n) is 6.38. The van der Waals surface area contributed by atoms with Gasteiger partial charge in [-0.1, -0.05) is 50.4 Å². The van der Waals surface area contributed by atoms with E-state index in [9.17, 15) is 0 Å². The van der Waals surface area contributed by atoms with E-state index in [2.05, 4.69) is 25.2 Å². The van der Waals surface area contributed by atoms with Crippen molar-refractivity contribution in [2.75, 3.05) is 12.3 Å². The van der Waals surface area contributed by atoms with Crippen LogP contribution in [-0.4, -0.2) is 18.3 Å². The highest BCUT2D eigenvalue weighted by Gasteiger charge is 2.08. The Balaban J connectivity index is 2.42. The smallest absolute Gasteiger partial charge is 0.0541 e. The minimum absolute atomic E-state index is 0.598. The van der Waals surface area contributed by atoms with Crippen LogP contribution in [0.25, 0.3) is 0 Å². The molecule has 0 spiro atoms. The molecule has 1 rings (SSSR count). The first-order valence-corrected chi connectivity index (χ1v) is 7.75. The Morgan fingerprint density at radius 1 is 1.29 bits per heavy atom. The van der Waals surface area contributed by atoms with Gasteiger partial charge >= 0.3 is 0 Å². The summed E-state index contributed by atoms with van der Waals surface area (Å²) >= 11 is 8.00. The third-order valence-electron chi connectivity index (χ3n) is 2.68. The maximum atomic E-state index is 6.15. The van der Waals surface area contributed by atoms with E-state index in [0.717, 1.165) is 17.3 Å². The quantitative estimate of drug-likeness (QED) is 0.694. The Kier molecular flexibility index (Phi) is 7.74. The van der Waals surface area contributed by atoms with Crippen molar-refractivity contribution in [3.05, 3.63) is 29.3 Å². The van der Waals surface area contributed by atoms with Crippen LogP contribution in [0.15, 0.2) is 29.2 Å². The van der Waals surface area contributed by atoms with Crippen LogP contribution in [0.5, 0.6) is 0 Å². The molecule has 0 aliphatic carbocycles. The zero-order valence-corrected chi connectivity index (χ0v) is 12.3. The SMILES string of the molecule is CCCCC(CSc1ccccc1Cl)NCC. The van der Waals surface area contributed by atoms with E-state index < -0.39 is 0 Å². The van der Waals surface area contributed by atoms with E-state index in [-0.39, 0.29) is 0 Å². The summed E-state index contributed by atoms with van der Waals surface area (Å²) in [6.07, 6.45) is 3.81. The number of unbranched alkanes of at least 4 members (excludes halogenated alkanes) is 1. The van der Waals surface area contributed by atoms with Gasteiger partial charge in [0.15, 0.2) is 0 Å².